The fraction of sp³-hybridized carbons (Fsp3) is 0.0714. The van der Waals surface area contributed by atoms with Gasteiger partial charge in [0.15, 0.2) is 5.58 Å². The van der Waals surface area contributed by atoms with Gasteiger partial charge in [0, 0.05) is 21.5 Å². The first kappa shape index (κ1) is 13.6. The van der Waals surface area contributed by atoms with E-state index in [1.807, 2.05) is 24.3 Å². The third-order valence-corrected chi connectivity index (χ3v) is 4.36. The van der Waals surface area contributed by atoms with Crippen LogP contribution in [0.15, 0.2) is 46.0 Å². The second-order valence-corrected chi connectivity index (χ2v) is 5.94. The zero-order chi connectivity index (χ0) is 14.1. The fourth-order valence-electron chi connectivity index (χ4n) is 1.79. The number of hydrogen-bond donors (Lipinski definition) is 1. The zero-order valence-electron chi connectivity index (χ0n) is 10.3. The standard InChI is InChI=1S/C14H10Cl2N2OS/c15-10-2-1-3-11(16)9(10)7-20-14-18-12-6-8(17)4-5-13(12)19-14/h1-6H,7,17H2. The molecule has 3 rings (SSSR count). The van der Waals surface area contributed by atoms with Crippen molar-refractivity contribution in [3.8, 4) is 0 Å². The summed E-state index contributed by atoms with van der Waals surface area (Å²) in [7, 11) is 0. The van der Waals surface area contributed by atoms with E-state index in [-0.39, 0.29) is 0 Å². The van der Waals surface area contributed by atoms with Crippen LogP contribution in [0.1, 0.15) is 5.56 Å². The van der Waals surface area contributed by atoms with Crippen LogP contribution in [0.5, 0.6) is 0 Å². The molecule has 6 heteroatoms. The molecule has 1 heterocycles. The van der Waals surface area contributed by atoms with E-state index < -0.39 is 0 Å². The fourth-order valence-corrected chi connectivity index (χ4v) is 3.37. The van der Waals surface area contributed by atoms with Gasteiger partial charge in [-0.2, -0.15) is 0 Å². The molecule has 0 spiro atoms. The molecular weight excluding hydrogens is 315 g/mol. The van der Waals surface area contributed by atoms with Crippen molar-refractivity contribution in [1.82, 2.24) is 4.98 Å². The van der Waals surface area contributed by atoms with Crippen LogP contribution in [-0.2, 0) is 5.75 Å². The molecule has 0 atom stereocenters. The average Bonchev–Trinajstić information content (AvgIpc) is 2.80. The van der Waals surface area contributed by atoms with Crippen LogP contribution < -0.4 is 5.73 Å². The average molecular weight is 325 g/mol. The van der Waals surface area contributed by atoms with Crippen molar-refractivity contribution >= 4 is 51.8 Å². The maximum atomic E-state index is 6.13. The van der Waals surface area contributed by atoms with Crippen LogP contribution in [0.4, 0.5) is 5.69 Å². The highest BCUT2D eigenvalue weighted by Gasteiger charge is 2.10. The lowest BCUT2D eigenvalue weighted by molar-refractivity contribution is 0.489. The number of thioether (sulfide) groups is 1. The highest BCUT2D eigenvalue weighted by molar-refractivity contribution is 7.98. The van der Waals surface area contributed by atoms with E-state index in [0.717, 1.165) is 11.1 Å². The molecular formula is C14H10Cl2N2OS. The van der Waals surface area contributed by atoms with Crippen molar-refractivity contribution < 1.29 is 4.42 Å². The maximum Gasteiger partial charge on any atom is 0.257 e. The van der Waals surface area contributed by atoms with Crippen molar-refractivity contribution in [2.75, 3.05) is 5.73 Å². The van der Waals surface area contributed by atoms with E-state index in [4.69, 9.17) is 33.4 Å². The van der Waals surface area contributed by atoms with Crippen LogP contribution in [0, 0.1) is 0 Å². The first-order chi connectivity index (χ1) is 9.63. The van der Waals surface area contributed by atoms with Crippen LogP contribution >= 0.6 is 35.0 Å². The minimum absolute atomic E-state index is 0.571. The van der Waals surface area contributed by atoms with Crippen molar-refractivity contribution in [3.05, 3.63) is 52.0 Å². The summed E-state index contributed by atoms with van der Waals surface area (Å²) in [5.41, 5.74) is 8.72. The van der Waals surface area contributed by atoms with Gasteiger partial charge in [0.2, 0.25) is 0 Å². The molecule has 0 amide bonds. The van der Waals surface area contributed by atoms with Crippen molar-refractivity contribution in [2.45, 2.75) is 11.0 Å². The van der Waals surface area contributed by atoms with Gasteiger partial charge < -0.3 is 10.2 Å². The molecule has 0 unspecified atom stereocenters. The minimum atomic E-state index is 0.571. The highest BCUT2D eigenvalue weighted by Crippen LogP contribution is 2.32. The molecule has 0 aliphatic heterocycles. The zero-order valence-corrected chi connectivity index (χ0v) is 12.6. The Kier molecular flexibility index (Phi) is 3.78. The third-order valence-electron chi connectivity index (χ3n) is 2.79. The molecule has 0 radical (unpaired) electrons. The number of fused-ring (bicyclic) bond motifs is 1. The number of oxazole rings is 1. The number of halogens is 2. The van der Waals surface area contributed by atoms with Gasteiger partial charge in [-0.05, 0) is 35.9 Å². The van der Waals surface area contributed by atoms with E-state index in [0.29, 0.717) is 32.3 Å². The van der Waals surface area contributed by atoms with Gasteiger partial charge in [0.25, 0.3) is 5.22 Å². The number of rotatable bonds is 3. The molecule has 0 aliphatic rings. The van der Waals surface area contributed by atoms with Gasteiger partial charge >= 0.3 is 0 Å². The number of nitrogens with zero attached hydrogens (tertiary/aromatic N) is 1. The summed E-state index contributed by atoms with van der Waals surface area (Å²) in [6.07, 6.45) is 0. The predicted octanol–water partition coefficient (Wildman–Crippen LogP) is 5.01. The van der Waals surface area contributed by atoms with Gasteiger partial charge in [-0.15, -0.1) is 0 Å². The summed E-state index contributed by atoms with van der Waals surface area (Å²) in [6, 6.07) is 10.8. The van der Waals surface area contributed by atoms with Crippen LogP contribution in [-0.4, -0.2) is 4.98 Å². The van der Waals surface area contributed by atoms with E-state index in [1.165, 1.54) is 11.8 Å². The number of nitrogen functional groups attached to an aromatic ring is 1. The van der Waals surface area contributed by atoms with Gasteiger partial charge in [-0.25, -0.2) is 4.98 Å². The third kappa shape index (κ3) is 2.73. The molecule has 3 nitrogen and oxygen atoms in total. The normalized spacial score (nSPS) is 11.1. The maximum absolute atomic E-state index is 6.13. The molecule has 20 heavy (non-hydrogen) atoms. The molecule has 3 aromatic rings. The van der Waals surface area contributed by atoms with Gasteiger partial charge in [0.1, 0.15) is 5.52 Å². The van der Waals surface area contributed by atoms with E-state index >= 15 is 0 Å². The predicted molar refractivity (Wildman–Crippen MR) is 84.4 cm³/mol. The summed E-state index contributed by atoms with van der Waals surface area (Å²) < 4.78 is 5.63. The number of aromatic nitrogens is 1. The lowest BCUT2D eigenvalue weighted by atomic mass is 10.2. The van der Waals surface area contributed by atoms with E-state index in [9.17, 15) is 0 Å². The second-order valence-electron chi connectivity index (χ2n) is 4.20. The highest BCUT2D eigenvalue weighted by atomic mass is 35.5. The van der Waals surface area contributed by atoms with Crippen LogP contribution in [0.3, 0.4) is 0 Å². The van der Waals surface area contributed by atoms with Gasteiger partial charge in [0.05, 0.1) is 0 Å². The quantitative estimate of drug-likeness (QED) is 0.543. The molecule has 0 aliphatic carbocycles. The van der Waals surface area contributed by atoms with E-state index in [1.54, 1.807) is 12.1 Å². The lowest BCUT2D eigenvalue weighted by Crippen LogP contribution is -1.84. The number of anilines is 1. The molecule has 0 saturated carbocycles. The number of benzene rings is 2. The van der Waals surface area contributed by atoms with Crippen LogP contribution in [0.2, 0.25) is 10.0 Å². The Morgan fingerprint density at radius 3 is 2.65 bits per heavy atom. The molecule has 2 aromatic carbocycles. The van der Waals surface area contributed by atoms with Gasteiger partial charge in [-0.3, -0.25) is 0 Å². The van der Waals surface area contributed by atoms with Crippen molar-refractivity contribution in [2.24, 2.45) is 0 Å². The summed E-state index contributed by atoms with van der Waals surface area (Å²) in [6.45, 7) is 0. The Labute approximate surface area is 130 Å². The Bertz CT molecular complexity index is 753. The van der Waals surface area contributed by atoms with Crippen molar-refractivity contribution in [1.29, 1.82) is 0 Å². The van der Waals surface area contributed by atoms with Gasteiger partial charge in [-0.1, -0.05) is 41.0 Å². The molecule has 0 fully saturated rings. The number of hydrogen-bond acceptors (Lipinski definition) is 4. The summed E-state index contributed by atoms with van der Waals surface area (Å²) in [5, 5.41) is 1.86. The SMILES string of the molecule is Nc1ccc2oc(SCc3c(Cl)cccc3Cl)nc2c1. The second kappa shape index (κ2) is 5.56. The molecule has 0 saturated heterocycles. The largest absolute Gasteiger partial charge is 0.431 e. The Hall–Kier alpha value is -1.36. The topological polar surface area (TPSA) is 52.0 Å². The van der Waals surface area contributed by atoms with Crippen molar-refractivity contribution in [3.63, 3.8) is 0 Å². The number of nitrogens with two attached hydrogens (primary N) is 1. The molecule has 1 aromatic heterocycles. The summed E-state index contributed by atoms with van der Waals surface area (Å²) in [5.74, 6) is 0.598. The molecule has 2 N–H and O–H groups in total. The lowest BCUT2D eigenvalue weighted by Gasteiger charge is -2.04. The Balaban J connectivity index is 1.83. The first-order valence-electron chi connectivity index (χ1n) is 5.85. The monoisotopic (exact) mass is 324 g/mol. The smallest absolute Gasteiger partial charge is 0.257 e. The first-order valence-corrected chi connectivity index (χ1v) is 7.59. The summed E-state index contributed by atoms with van der Waals surface area (Å²) >= 11 is 13.7. The van der Waals surface area contributed by atoms with Crippen LogP contribution in [0.25, 0.3) is 11.1 Å². The Morgan fingerprint density at radius 1 is 1.15 bits per heavy atom. The summed E-state index contributed by atoms with van der Waals surface area (Å²) in [4.78, 5) is 4.38. The molecule has 0 bridgehead atoms. The Morgan fingerprint density at radius 2 is 1.90 bits per heavy atom. The molecule has 102 valence electrons. The minimum Gasteiger partial charge on any atom is -0.431 e. The van der Waals surface area contributed by atoms with E-state index in [2.05, 4.69) is 4.98 Å².